The van der Waals surface area contributed by atoms with Crippen molar-refractivity contribution in [3.8, 4) is 0 Å². The van der Waals surface area contributed by atoms with Crippen molar-refractivity contribution in [1.82, 2.24) is 34.9 Å². The fourth-order valence-electron chi connectivity index (χ4n) is 3.59. The molecule has 2 unspecified atom stereocenters. The van der Waals surface area contributed by atoms with Crippen LogP contribution < -0.4 is 40.2 Å². The number of rotatable bonds is 6. The Labute approximate surface area is 218 Å². The summed E-state index contributed by atoms with van der Waals surface area (Å²) in [7, 11) is -4.74. The summed E-state index contributed by atoms with van der Waals surface area (Å²) in [6.45, 7) is 4.72. The number of aryl methyl sites for hydroxylation is 2. The van der Waals surface area contributed by atoms with Crippen LogP contribution in [0.2, 0.25) is 0 Å². The molecule has 0 bridgehead atoms. The smallest absolute Gasteiger partial charge is 1.00 e. The molecule has 2 aliphatic heterocycles. The van der Waals surface area contributed by atoms with E-state index in [9.17, 15) is 32.4 Å². The molecule has 2 atom stereocenters. The van der Waals surface area contributed by atoms with Gasteiger partial charge in [-0.3, -0.25) is 33.7 Å². The molecule has 3 heterocycles. The Hall–Kier alpha value is -2.53. The molecule has 34 heavy (non-hydrogen) atoms. The first-order valence-electron chi connectivity index (χ1n) is 9.88. The topological polar surface area (TPSA) is 202 Å². The first kappa shape index (κ1) is 27.7. The standard InChI is InChI=1S/C17H23N7O8S.Na.H/c1-4-22-5-6-23(16(28)15(22)27)17(29)19-12(11-8(2)20-21-9(11)3)13(25)18-10-7-24(14(10)26)33(30,31)32;;/h10,12H,4-7H2,1-3H3,(H,18,25)(H,19,29)(H,20,21)(H,30,31,32);;/q;+1;-1. The van der Waals surface area contributed by atoms with Gasteiger partial charge in [0.2, 0.25) is 5.91 Å². The number of amides is 6. The van der Waals surface area contributed by atoms with Gasteiger partial charge in [0.25, 0.3) is 5.91 Å². The van der Waals surface area contributed by atoms with Gasteiger partial charge in [-0.05, 0) is 20.8 Å². The molecule has 15 nitrogen and oxygen atoms in total. The largest absolute Gasteiger partial charge is 1.00 e. The molecule has 0 aromatic carbocycles. The number of β-lactam (4-membered cyclic amide) rings is 1. The molecule has 182 valence electrons. The average molecular weight is 509 g/mol. The van der Waals surface area contributed by atoms with Crippen molar-refractivity contribution >= 4 is 40.0 Å². The second-order valence-corrected chi connectivity index (χ2v) is 8.82. The van der Waals surface area contributed by atoms with E-state index in [1.54, 1.807) is 20.8 Å². The Morgan fingerprint density at radius 3 is 2.38 bits per heavy atom. The van der Waals surface area contributed by atoms with Crippen LogP contribution in [0.25, 0.3) is 0 Å². The van der Waals surface area contributed by atoms with Crippen LogP contribution in [0.5, 0.6) is 0 Å². The molecule has 2 saturated heterocycles. The summed E-state index contributed by atoms with van der Waals surface area (Å²) in [4.78, 5) is 64.2. The van der Waals surface area contributed by atoms with Crippen molar-refractivity contribution in [3.63, 3.8) is 0 Å². The van der Waals surface area contributed by atoms with E-state index in [0.29, 0.717) is 22.8 Å². The summed E-state index contributed by atoms with van der Waals surface area (Å²) < 4.78 is 31.3. The summed E-state index contributed by atoms with van der Waals surface area (Å²) in [5.74, 6) is -3.82. The van der Waals surface area contributed by atoms with Crippen LogP contribution in [0.3, 0.4) is 0 Å². The zero-order valence-electron chi connectivity index (χ0n) is 20.0. The molecule has 3 rings (SSSR count). The van der Waals surface area contributed by atoms with Crippen molar-refractivity contribution in [1.29, 1.82) is 0 Å². The number of urea groups is 1. The van der Waals surface area contributed by atoms with Gasteiger partial charge >= 0.3 is 57.7 Å². The van der Waals surface area contributed by atoms with Gasteiger partial charge in [-0.25, -0.2) is 9.10 Å². The fraction of sp³-hybridized carbons (Fsp3) is 0.529. The van der Waals surface area contributed by atoms with Crippen LogP contribution in [0.4, 0.5) is 4.79 Å². The van der Waals surface area contributed by atoms with Gasteiger partial charge in [0.1, 0.15) is 12.1 Å². The van der Waals surface area contributed by atoms with E-state index in [-0.39, 0.29) is 53.9 Å². The zero-order valence-corrected chi connectivity index (χ0v) is 21.8. The van der Waals surface area contributed by atoms with Gasteiger partial charge in [0.05, 0.1) is 12.2 Å². The second kappa shape index (κ2) is 10.4. The van der Waals surface area contributed by atoms with Crippen LogP contribution >= 0.6 is 0 Å². The average Bonchev–Trinajstić information content (AvgIpc) is 3.07. The minimum absolute atomic E-state index is 0. The maximum atomic E-state index is 13.0. The molecular weight excluding hydrogens is 485 g/mol. The predicted octanol–water partition coefficient (Wildman–Crippen LogP) is -5.29. The Bertz CT molecular complexity index is 1120. The van der Waals surface area contributed by atoms with Crippen molar-refractivity contribution in [2.75, 3.05) is 26.2 Å². The van der Waals surface area contributed by atoms with Crippen molar-refractivity contribution in [3.05, 3.63) is 17.0 Å². The fourth-order valence-corrected chi connectivity index (χ4v) is 4.28. The molecule has 1 aromatic heterocycles. The van der Waals surface area contributed by atoms with E-state index in [1.807, 2.05) is 0 Å². The number of likely N-dealkylation sites (N-methyl/N-ethyl adjacent to an activating group) is 1. The molecule has 17 heteroatoms. The number of nitrogens with one attached hydrogen (secondary N) is 3. The molecule has 4 N–H and O–H groups in total. The quantitative estimate of drug-likeness (QED) is 0.125. The van der Waals surface area contributed by atoms with Crippen LogP contribution in [0.1, 0.15) is 31.3 Å². The number of nitrogens with zero attached hydrogens (tertiary/aromatic N) is 4. The maximum absolute atomic E-state index is 13.0. The predicted molar refractivity (Wildman–Crippen MR) is 110 cm³/mol. The Morgan fingerprint density at radius 2 is 1.88 bits per heavy atom. The van der Waals surface area contributed by atoms with Crippen LogP contribution in [0, 0.1) is 13.8 Å². The summed E-state index contributed by atoms with van der Waals surface area (Å²) in [6, 6.07) is -3.66. The number of hydrogen-bond acceptors (Lipinski definition) is 8. The molecule has 0 saturated carbocycles. The summed E-state index contributed by atoms with van der Waals surface area (Å²) in [5.41, 5.74) is 1.04. The van der Waals surface area contributed by atoms with Gasteiger partial charge in [-0.1, -0.05) is 0 Å². The Morgan fingerprint density at radius 1 is 1.24 bits per heavy atom. The van der Waals surface area contributed by atoms with Crippen molar-refractivity contribution in [2.45, 2.75) is 32.9 Å². The van der Waals surface area contributed by atoms with E-state index < -0.39 is 58.6 Å². The number of hydrogen-bond donors (Lipinski definition) is 4. The third kappa shape index (κ3) is 5.25. The summed E-state index contributed by atoms with van der Waals surface area (Å²) >= 11 is 0. The second-order valence-electron chi connectivity index (χ2n) is 7.48. The van der Waals surface area contributed by atoms with Crippen LogP contribution in [-0.2, 0) is 29.5 Å². The van der Waals surface area contributed by atoms with E-state index in [2.05, 4.69) is 20.8 Å². The maximum Gasteiger partial charge on any atom is 1.00 e. The number of carbonyl (C=O) groups excluding carboxylic acids is 5. The molecule has 6 amide bonds. The van der Waals surface area contributed by atoms with Gasteiger partial charge in [-0.15, -0.1) is 0 Å². The number of carbonyl (C=O) groups is 5. The number of aromatic amines is 1. The van der Waals surface area contributed by atoms with E-state index in [0.717, 1.165) is 0 Å². The minimum Gasteiger partial charge on any atom is -1.00 e. The van der Waals surface area contributed by atoms with Gasteiger partial charge in [0, 0.05) is 30.9 Å². The molecule has 1 aromatic rings. The summed E-state index contributed by atoms with van der Waals surface area (Å²) in [5, 5.41) is 11.3. The first-order chi connectivity index (χ1) is 15.4. The number of imide groups is 1. The molecule has 0 spiro atoms. The number of aromatic nitrogens is 2. The molecule has 2 fully saturated rings. The Kier molecular flexibility index (Phi) is 8.47. The molecule has 2 aliphatic rings. The SMILES string of the molecule is CCN1CCN(C(=O)NC(C(=O)NC2CN(S(=O)(=O)O)C2=O)c2c(C)n[nH]c2C)C(=O)C1=O.[H-].[Na+]. The van der Waals surface area contributed by atoms with Gasteiger partial charge in [0.15, 0.2) is 0 Å². The number of H-pyrrole nitrogens is 1. The van der Waals surface area contributed by atoms with Crippen molar-refractivity contribution in [2.24, 2.45) is 0 Å². The minimum atomic E-state index is -4.74. The van der Waals surface area contributed by atoms with E-state index >= 15 is 0 Å². The normalized spacial score (nSPS) is 19.4. The van der Waals surface area contributed by atoms with E-state index in [4.69, 9.17) is 4.55 Å². The summed E-state index contributed by atoms with van der Waals surface area (Å²) in [6.07, 6.45) is 0. The third-order valence-corrected chi connectivity index (χ3v) is 6.31. The van der Waals surface area contributed by atoms with Gasteiger partial charge < -0.3 is 17.0 Å². The van der Waals surface area contributed by atoms with Crippen LogP contribution in [-0.4, -0.2) is 99.2 Å². The monoisotopic (exact) mass is 509 g/mol. The first-order valence-corrected chi connectivity index (χ1v) is 11.3. The number of piperazine rings is 1. The molecular formula is C17H24N7NaO8S. The van der Waals surface area contributed by atoms with E-state index in [1.165, 1.54) is 4.90 Å². The van der Waals surface area contributed by atoms with Gasteiger partial charge in [-0.2, -0.15) is 13.5 Å². The zero-order chi connectivity index (χ0) is 24.7. The van der Waals surface area contributed by atoms with Crippen molar-refractivity contribution < 1.29 is 67.9 Å². The molecule has 0 radical (unpaired) electrons. The van der Waals surface area contributed by atoms with Crippen LogP contribution in [0.15, 0.2) is 0 Å². The third-order valence-electron chi connectivity index (χ3n) is 5.43. The molecule has 0 aliphatic carbocycles. The Balaban J connectivity index is 0.00000306.